The van der Waals surface area contributed by atoms with Crippen molar-refractivity contribution in [3.05, 3.63) is 23.8 Å². The van der Waals surface area contributed by atoms with Gasteiger partial charge in [-0.15, -0.1) is 0 Å². The lowest BCUT2D eigenvalue weighted by Gasteiger charge is -2.47. The molecule has 0 aromatic rings. The van der Waals surface area contributed by atoms with E-state index in [9.17, 15) is 24.9 Å². The van der Waals surface area contributed by atoms with Gasteiger partial charge in [0, 0.05) is 19.6 Å². The first-order chi connectivity index (χ1) is 11.7. The highest BCUT2D eigenvalue weighted by Crippen LogP contribution is 2.43. The number of rotatable bonds is 6. The van der Waals surface area contributed by atoms with Gasteiger partial charge in [0.15, 0.2) is 6.10 Å². The van der Waals surface area contributed by atoms with Crippen molar-refractivity contribution in [1.82, 2.24) is 5.32 Å². The van der Waals surface area contributed by atoms with Gasteiger partial charge in [-0.2, -0.15) is 0 Å². The van der Waals surface area contributed by atoms with Crippen LogP contribution in [-0.4, -0.2) is 69.9 Å². The topological polar surface area (TPSA) is 136 Å². The van der Waals surface area contributed by atoms with Crippen LogP contribution in [0, 0.1) is 11.8 Å². The molecule has 8 heteroatoms. The Balaban J connectivity index is 2.57. The fourth-order valence-corrected chi connectivity index (χ4v) is 3.75. The molecule has 25 heavy (non-hydrogen) atoms. The number of aliphatic hydroxyl groups is 2. The van der Waals surface area contributed by atoms with Gasteiger partial charge in [-0.25, -0.2) is 9.59 Å². The molecule has 2 aliphatic rings. The van der Waals surface area contributed by atoms with E-state index in [1.54, 1.807) is 13.0 Å². The maximum Gasteiger partial charge on any atom is 0.342 e. The quantitative estimate of drug-likeness (QED) is 0.440. The van der Waals surface area contributed by atoms with Crippen LogP contribution < -0.4 is 5.32 Å². The van der Waals surface area contributed by atoms with Crippen LogP contribution in [-0.2, 0) is 14.3 Å². The van der Waals surface area contributed by atoms with Crippen molar-refractivity contribution in [3.8, 4) is 0 Å². The molecule has 1 saturated heterocycles. The summed E-state index contributed by atoms with van der Waals surface area (Å²) < 4.78 is 5.41. The number of aliphatic hydroxyl groups excluding tert-OH is 1. The first kappa shape index (κ1) is 19.6. The third-order valence-electron chi connectivity index (χ3n) is 5.29. The van der Waals surface area contributed by atoms with Crippen LogP contribution in [0.2, 0.25) is 0 Å². The lowest BCUT2D eigenvalue weighted by atomic mass is 9.66. The number of nitrogens with one attached hydrogen (secondary N) is 1. The van der Waals surface area contributed by atoms with Gasteiger partial charge in [-0.05, 0) is 37.0 Å². The highest BCUT2D eigenvalue weighted by Gasteiger charge is 2.65. The molecule has 1 aliphatic heterocycles. The summed E-state index contributed by atoms with van der Waals surface area (Å²) in [4.78, 5) is 23.1. The molecule has 0 radical (unpaired) electrons. The van der Waals surface area contributed by atoms with E-state index in [1.165, 1.54) is 13.2 Å². The van der Waals surface area contributed by atoms with Crippen LogP contribution in [0.25, 0.3) is 0 Å². The van der Waals surface area contributed by atoms with Gasteiger partial charge in [0.25, 0.3) is 0 Å². The van der Waals surface area contributed by atoms with Gasteiger partial charge in [0.05, 0.1) is 0 Å². The molecule has 5 N–H and O–H groups in total. The molecule has 0 spiro atoms. The Morgan fingerprint density at radius 2 is 2.12 bits per heavy atom. The summed E-state index contributed by atoms with van der Waals surface area (Å²) in [7, 11) is 1.20. The molecule has 2 rings (SSSR count). The van der Waals surface area contributed by atoms with Crippen molar-refractivity contribution in [2.24, 2.45) is 11.8 Å². The molecule has 0 bridgehead atoms. The predicted octanol–water partition coefficient (Wildman–Crippen LogP) is -0.235. The average molecular weight is 355 g/mol. The molecule has 5 unspecified atom stereocenters. The van der Waals surface area contributed by atoms with Crippen molar-refractivity contribution >= 4 is 11.9 Å². The molecular weight excluding hydrogens is 330 g/mol. The van der Waals surface area contributed by atoms with E-state index >= 15 is 0 Å². The second-order valence-electron chi connectivity index (χ2n) is 6.64. The molecule has 140 valence electrons. The van der Waals surface area contributed by atoms with Crippen LogP contribution in [0.4, 0.5) is 0 Å². The summed E-state index contributed by atoms with van der Waals surface area (Å²) in [6, 6.07) is 0. The summed E-state index contributed by atoms with van der Waals surface area (Å²) in [6.45, 7) is 3.20. The summed E-state index contributed by atoms with van der Waals surface area (Å²) in [5.74, 6) is -4.28. The molecule has 1 aliphatic carbocycles. The standard InChI is InChI=1S/C17H25NO7/c1-10-5-6-11(12-4-3-7-18-9-12)8-16(10,25-2)17(24,15(22)23)13(19)14(20)21/h5-6,8,10,12-13,18-19,24H,3-4,7,9H2,1-2H3,(H,20,21)(H,22,23). The molecule has 5 atom stereocenters. The van der Waals surface area contributed by atoms with E-state index in [0.717, 1.165) is 25.0 Å². The first-order valence-electron chi connectivity index (χ1n) is 8.24. The van der Waals surface area contributed by atoms with Crippen LogP contribution in [0.1, 0.15) is 19.8 Å². The zero-order chi connectivity index (χ0) is 18.8. The Morgan fingerprint density at radius 1 is 1.44 bits per heavy atom. The molecular formula is C17H25NO7. The monoisotopic (exact) mass is 355 g/mol. The first-order valence-corrected chi connectivity index (χ1v) is 8.24. The van der Waals surface area contributed by atoms with E-state index in [-0.39, 0.29) is 5.92 Å². The van der Waals surface area contributed by atoms with Crippen molar-refractivity contribution in [2.75, 3.05) is 20.2 Å². The molecule has 0 aromatic carbocycles. The average Bonchev–Trinajstić information content (AvgIpc) is 2.61. The van der Waals surface area contributed by atoms with Gasteiger partial charge in [0.2, 0.25) is 5.60 Å². The van der Waals surface area contributed by atoms with Crippen molar-refractivity contribution in [3.63, 3.8) is 0 Å². The number of piperidine rings is 1. The van der Waals surface area contributed by atoms with Crippen LogP contribution in [0.15, 0.2) is 23.8 Å². The molecule has 1 fully saturated rings. The van der Waals surface area contributed by atoms with E-state index in [2.05, 4.69) is 5.32 Å². The molecule has 0 saturated carbocycles. The van der Waals surface area contributed by atoms with E-state index in [4.69, 9.17) is 9.84 Å². The number of carbonyl (C=O) groups is 2. The highest BCUT2D eigenvalue weighted by atomic mass is 16.5. The van der Waals surface area contributed by atoms with Crippen LogP contribution >= 0.6 is 0 Å². The second-order valence-corrected chi connectivity index (χ2v) is 6.64. The van der Waals surface area contributed by atoms with Crippen LogP contribution in [0.3, 0.4) is 0 Å². The zero-order valence-corrected chi connectivity index (χ0v) is 14.3. The van der Waals surface area contributed by atoms with Crippen LogP contribution in [0.5, 0.6) is 0 Å². The number of aliphatic carboxylic acids is 2. The van der Waals surface area contributed by atoms with Gasteiger partial charge in [0.1, 0.15) is 5.60 Å². The number of hydrogen-bond acceptors (Lipinski definition) is 6. The van der Waals surface area contributed by atoms with Gasteiger partial charge in [-0.1, -0.05) is 19.1 Å². The Morgan fingerprint density at radius 3 is 2.60 bits per heavy atom. The number of carboxylic acids is 2. The Bertz CT molecular complexity index is 596. The van der Waals surface area contributed by atoms with Crippen molar-refractivity contribution in [1.29, 1.82) is 0 Å². The third kappa shape index (κ3) is 3.10. The molecule has 0 aromatic heterocycles. The number of allylic oxidation sites excluding steroid dienone is 1. The highest BCUT2D eigenvalue weighted by molar-refractivity contribution is 5.89. The third-order valence-corrected chi connectivity index (χ3v) is 5.29. The normalized spacial score (nSPS) is 33.2. The number of carboxylic acid groups (broad SMARTS) is 2. The lowest BCUT2D eigenvalue weighted by Crippen LogP contribution is -2.70. The minimum Gasteiger partial charge on any atom is -0.479 e. The fourth-order valence-electron chi connectivity index (χ4n) is 3.75. The zero-order valence-electron chi connectivity index (χ0n) is 14.3. The van der Waals surface area contributed by atoms with Gasteiger partial charge < -0.3 is 30.5 Å². The molecule has 0 amide bonds. The Labute approximate surface area is 145 Å². The smallest absolute Gasteiger partial charge is 0.342 e. The Kier molecular flexibility index (Phi) is 5.68. The maximum atomic E-state index is 11.8. The minimum atomic E-state index is -3.05. The Hall–Kier alpha value is -1.74. The van der Waals surface area contributed by atoms with Gasteiger partial charge >= 0.3 is 11.9 Å². The summed E-state index contributed by atoms with van der Waals surface area (Å²) >= 11 is 0. The van der Waals surface area contributed by atoms with E-state index in [1.807, 2.05) is 6.08 Å². The molecule has 8 nitrogen and oxygen atoms in total. The lowest BCUT2D eigenvalue weighted by molar-refractivity contribution is -0.226. The van der Waals surface area contributed by atoms with Gasteiger partial charge in [-0.3, -0.25) is 0 Å². The maximum absolute atomic E-state index is 11.8. The number of ether oxygens (including phenoxy) is 1. The number of methoxy groups -OCH3 is 1. The summed E-state index contributed by atoms with van der Waals surface area (Å²) in [6.07, 6.45) is 4.26. The van der Waals surface area contributed by atoms with E-state index < -0.39 is 35.2 Å². The second kappa shape index (κ2) is 7.25. The molecule has 1 heterocycles. The fraction of sp³-hybridized carbons (Fsp3) is 0.647. The number of hydrogen-bond donors (Lipinski definition) is 5. The van der Waals surface area contributed by atoms with Crippen molar-refractivity contribution in [2.45, 2.75) is 37.1 Å². The summed E-state index contributed by atoms with van der Waals surface area (Å²) in [5.41, 5.74) is -4.21. The minimum absolute atomic E-state index is 0.0899. The predicted molar refractivity (Wildman–Crippen MR) is 87.9 cm³/mol. The largest absolute Gasteiger partial charge is 0.479 e. The summed E-state index contributed by atoms with van der Waals surface area (Å²) in [5, 5.41) is 42.8. The van der Waals surface area contributed by atoms with E-state index in [0.29, 0.717) is 6.54 Å². The van der Waals surface area contributed by atoms with Crippen molar-refractivity contribution < 1.29 is 34.8 Å². The SMILES string of the molecule is COC1(C(O)(C(=O)O)C(O)C(=O)O)C=C(C2CCCNC2)C=CC1C.